The number of alkyl halides is 3. The Morgan fingerprint density at radius 2 is 1.66 bits per heavy atom. The lowest BCUT2D eigenvalue weighted by atomic mass is 10.3. The van der Waals surface area contributed by atoms with Gasteiger partial charge < -0.3 is 24.4 Å². The lowest BCUT2D eigenvalue weighted by molar-refractivity contribution is -0.274. The largest absolute Gasteiger partial charge is 0.573 e. The van der Waals surface area contributed by atoms with E-state index >= 15 is 0 Å². The van der Waals surface area contributed by atoms with E-state index in [9.17, 15) is 26.2 Å². The van der Waals surface area contributed by atoms with Crippen LogP contribution in [0.5, 0.6) is 5.75 Å². The Hall–Kier alpha value is -2.97. The molecule has 11 nitrogen and oxygen atoms in total. The Labute approximate surface area is 221 Å². The van der Waals surface area contributed by atoms with Gasteiger partial charge >= 0.3 is 14.0 Å². The Morgan fingerprint density at radius 1 is 1.00 bits per heavy atom. The van der Waals surface area contributed by atoms with Gasteiger partial charge in [-0.3, -0.25) is 4.57 Å². The fourth-order valence-corrected chi connectivity index (χ4v) is 5.48. The molecule has 3 aromatic rings. The van der Waals surface area contributed by atoms with E-state index in [1.807, 2.05) is 0 Å². The molecule has 0 aliphatic carbocycles. The molecule has 38 heavy (non-hydrogen) atoms. The highest BCUT2D eigenvalue weighted by molar-refractivity contribution is 7.92. The molecule has 0 saturated carbocycles. The van der Waals surface area contributed by atoms with Gasteiger partial charge in [-0.05, 0) is 44.2 Å². The molecule has 0 fully saturated rings. The van der Waals surface area contributed by atoms with E-state index in [1.54, 1.807) is 12.1 Å². The van der Waals surface area contributed by atoms with Crippen LogP contribution in [0.1, 0.15) is 13.8 Å². The number of para-hydroxylation sites is 1. The van der Waals surface area contributed by atoms with E-state index in [0.29, 0.717) is 0 Å². The van der Waals surface area contributed by atoms with Gasteiger partial charge in [0.1, 0.15) is 0 Å². The van der Waals surface area contributed by atoms with Gasteiger partial charge in [-0.15, -0.1) is 23.4 Å². The number of nitrogens with one attached hydrogen (secondary N) is 2. The minimum atomic E-state index is -5.10. The molecule has 2 aromatic carbocycles. The second-order valence-electron chi connectivity index (χ2n) is 7.71. The monoisotopic (exact) mass is 595 g/mol. The molecule has 0 bridgehead atoms. The summed E-state index contributed by atoms with van der Waals surface area (Å²) in [5.41, 5.74) is -0.127. The quantitative estimate of drug-likeness (QED) is 0.298. The molecule has 0 radical (unpaired) electrons. The van der Waals surface area contributed by atoms with Crippen LogP contribution in [0, 0.1) is 0 Å². The summed E-state index contributed by atoms with van der Waals surface area (Å²) in [6.45, 7) is 3.05. The number of benzene rings is 2. The molecule has 1 aromatic heterocycles. The van der Waals surface area contributed by atoms with Crippen molar-refractivity contribution in [2.45, 2.75) is 30.4 Å². The minimum Gasteiger partial charge on any atom is -0.404 e. The van der Waals surface area contributed by atoms with E-state index in [2.05, 4.69) is 30.6 Å². The van der Waals surface area contributed by atoms with Crippen LogP contribution in [0.15, 0.2) is 47.4 Å². The molecule has 2 N–H and O–H groups in total. The highest BCUT2D eigenvalue weighted by Crippen LogP contribution is 2.47. The van der Waals surface area contributed by atoms with E-state index in [4.69, 9.17) is 20.6 Å². The van der Waals surface area contributed by atoms with Crippen LogP contribution in [0.4, 0.5) is 36.3 Å². The molecule has 0 amide bonds. The zero-order chi connectivity index (χ0) is 28.3. The number of hydrogen-bond donors (Lipinski definition) is 2. The van der Waals surface area contributed by atoms with Crippen molar-refractivity contribution in [2.24, 2.45) is 0 Å². The Kier molecular flexibility index (Phi) is 8.89. The van der Waals surface area contributed by atoms with Crippen molar-refractivity contribution in [2.75, 3.05) is 24.9 Å². The predicted octanol–water partition coefficient (Wildman–Crippen LogP) is 5.20. The summed E-state index contributed by atoms with van der Waals surface area (Å²) >= 11 is 6.09. The normalized spacial score (nSPS) is 12.4. The Balaban J connectivity index is 2.00. The van der Waals surface area contributed by atoms with Crippen LogP contribution in [0.3, 0.4) is 0 Å². The van der Waals surface area contributed by atoms with Gasteiger partial charge in [-0.1, -0.05) is 23.7 Å². The van der Waals surface area contributed by atoms with E-state index in [1.165, 1.54) is 32.0 Å². The third kappa shape index (κ3) is 6.72. The molecular weight excluding hydrogens is 574 g/mol. The van der Waals surface area contributed by atoms with Crippen LogP contribution < -0.4 is 20.7 Å². The van der Waals surface area contributed by atoms with Gasteiger partial charge in [0.05, 0.1) is 26.8 Å². The molecule has 0 aliphatic heterocycles. The molecule has 1 heterocycles. The first-order valence-corrected chi connectivity index (χ1v) is 14.1. The van der Waals surface area contributed by atoms with E-state index in [-0.39, 0.29) is 38.5 Å². The highest BCUT2D eigenvalue weighted by atomic mass is 35.5. The third-order valence-electron chi connectivity index (χ3n) is 4.95. The Bertz CT molecular complexity index is 1470. The summed E-state index contributed by atoms with van der Waals surface area (Å²) in [5.74, 6) is -1.23. The maximum absolute atomic E-state index is 13.1. The predicted molar refractivity (Wildman–Crippen MR) is 135 cm³/mol. The van der Waals surface area contributed by atoms with E-state index < -0.39 is 34.8 Å². The molecule has 0 atom stereocenters. The third-order valence-corrected chi connectivity index (χ3v) is 9.28. The SMILES string of the molecule is COP(=O)(OC)c1ccc(Nc2nnc(Cl)c(Nc3ccccc3S(=O)(=O)C(C)C)n2)c(OC(F)(F)F)c1. The number of halogens is 4. The van der Waals surface area contributed by atoms with Crippen LogP contribution in [-0.4, -0.2) is 49.4 Å². The molecule has 17 heteroatoms. The summed E-state index contributed by atoms with van der Waals surface area (Å²) in [7, 11) is -5.44. The van der Waals surface area contributed by atoms with Gasteiger partial charge in [-0.25, -0.2) is 8.42 Å². The minimum absolute atomic E-state index is 0.0173. The summed E-state index contributed by atoms with van der Waals surface area (Å²) in [4.78, 5) is 4.09. The van der Waals surface area contributed by atoms with Gasteiger partial charge in [-0.2, -0.15) is 4.98 Å². The number of aromatic nitrogens is 3. The number of nitrogens with zero attached hydrogens (tertiary/aromatic N) is 3. The van der Waals surface area contributed by atoms with Crippen molar-refractivity contribution in [3.05, 3.63) is 47.6 Å². The first-order chi connectivity index (χ1) is 17.7. The number of hydrogen-bond acceptors (Lipinski definition) is 11. The summed E-state index contributed by atoms with van der Waals surface area (Å²) in [6, 6.07) is 9.18. The zero-order valence-electron chi connectivity index (χ0n) is 20.3. The van der Waals surface area contributed by atoms with Crippen LogP contribution in [0.2, 0.25) is 5.15 Å². The average molecular weight is 596 g/mol. The average Bonchev–Trinajstić information content (AvgIpc) is 2.85. The number of sulfone groups is 1. The summed E-state index contributed by atoms with van der Waals surface area (Å²) < 4.78 is 91.2. The van der Waals surface area contributed by atoms with Crippen molar-refractivity contribution in [1.82, 2.24) is 15.2 Å². The molecule has 206 valence electrons. The standard InChI is InChI=1S/C21H22ClF3N5O6PS/c1-12(2)38(32,33)17-8-6-5-7-15(17)26-19-18(22)29-30-20(28-19)27-14-10-9-13(37(31,34-3)35-4)11-16(14)36-21(23,24)25/h5-12H,1-4H3,(H2,26,27,28,30). The lowest BCUT2D eigenvalue weighted by Crippen LogP contribution is -2.20. The molecule has 0 aliphatic rings. The van der Waals surface area contributed by atoms with Gasteiger partial charge in [0.25, 0.3) is 0 Å². The second kappa shape index (κ2) is 11.4. The Morgan fingerprint density at radius 3 is 2.26 bits per heavy atom. The van der Waals surface area contributed by atoms with Gasteiger partial charge in [0, 0.05) is 14.2 Å². The van der Waals surface area contributed by atoms with Crippen LogP contribution >= 0.6 is 19.2 Å². The van der Waals surface area contributed by atoms with Crippen LogP contribution in [0.25, 0.3) is 0 Å². The second-order valence-corrected chi connectivity index (χ2v) is 12.8. The highest BCUT2D eigenvalue weighted by Gasteiger charge is 2.34. The smallest absolute Gasteiger partial charge is 0.404 e. The summed E-state index contributed by atoms with van der Waals surface area (Å²) in [6.07, 6.45) is -5.10. The first kappa shape index (κ1) is 29.6. The van der Waals surface area contributed by atoms with Crippen molar-refractivity contribution in [3.63, 3.8) is 0 Å². The van der Waals surface area contributed by atoms with Gasteiger partial charge in [0.15, 0.2) is 26.6 Å². The topological polar surface area (TPSA) is 142 Å². The molecular formula is C21H22ClF3N5O6PS. The molecule has 0 saturated heterocycles. The van der Waals surface area contributed by atoms with Crippen molar-refractivity contribution >= 4 is 57.5 Å². The molecule has 0 unspecified atom stereocenters. The first-order valence-electron chi connectivity index (χ1n) is 10.6. The lowest BCUT2D eigenvalue weighted by Gasteiger charge is -2.18. The fourth-order valence-electron chi connectivity index (χ4n) is 3.04. The maximum atomic E-state index is 13.1. The zero-order valence-corrected chi connectivity index (χ0v) is 22.7. The summed E-state index contributed by atoms with van der Waals surface area (Å²) in [5, 5.41) is 11.6. The van der Waals surface area contributed by atoms with E-state index in [0.717, 1.165) is 26.4 Å². The number of anilines is 4. The van der Waals surface area contributed by atoms with Crippen molar-refractivity contribution < 1.29 is 39.9 Å². The fraction of sp³-hybridized carbons (Fsp3) is 0.286. The molecule has 0 spiro atoms. The van der Waals surface area contributed by atoms with Crippen LogP contribution in [-0.2, 0) is 23.4 Å². The van der Waals surface area contributed by atoms with Gasteiger partial charge in [0.2, 0.25) is 5.95 Å². The van der Waals surface area contributed by atoms with Crippen molar-refractivity contribution in [1.29, 1.82) is 0 Å². The van der Waals surface area contributed by atoms with Crippen molar-refractivity contribution in [3.8, 4) is 5.75 Å². The number of rotatable bonds is 10. The number of ether oxygens (including phenoxy) is 1. The molecule has 3 rings (SSSR count). The maximum Gasteiger partial charge on any atom is 0.573 e.